The highest BCUT2D eigenvalue weighted by Gasteiger charge is 2.12. The number of carbonyl (C=O) groups is 1. The van der Waals surface area contributed by atoms with Crippen LogP contribution in [-0.4, -0.2) is 15.5 Å². The first-order valence-electron chi connectivity index (χ1n) is 5.04. The number of amides is 1. The van der Waals surface area contributed by atoms with E-state index in [0.717, 1.165) is 28.3 Å². The highest BCUT2D eigenvalue weighted by atomic mass is 32.1. The molecule has 2 aromatic rings. The van der Waals surface area contributed by atoms with Crippen molar-refractivity contribution in [2.45, 2.75) is 13.8 Å². The Kier molecular flexibility index (Phi) is 3.06. The molecule has 0 aliphatic heterocycles. The number of benzene rings is 1. The predicted molar refractivity (Wildman–Crippen MR) is 68.2 cm³/mol. The molecule has 1 aromatic carbocycles. The zero-order valence-electron chi connectivity index (χ0n) is 9.52. The number of carbonyl (C=O) groups excluding carboxylic acids is 1. The van der Waals surface area contributed by atoms with Crippen LogP contribution in [0.5, 0.6) is 0 Å². The van der Waals surface area contributed by atoms with Crippen molar-refractivity contribution >= 4 is 28.8 Å². The van der Waals surface area contributed by atoms with E-state index in [1.165, 1.54) is 6.20 Å². The van der Waals surface area contributed by atoms with Crippen LogP contribution in [0.15, 0.2) is 18.3 Å². The minimum absolute atomic E-state index is 0.211. The maximum atomic E-state index is 11.9. The van der Waals surface area contributed by atoms with Crippen molar-refractivity contribution < 1.29 is 4.79 Å². The van der Waals surface area contributed by atoms with Crippen molar-refractivity contribution in [1.82, 2.24) is 9.59 Å². The van der Waals surface area contributed by atoms with E-state index in [-0.39, 0.29) is 5.91 Å². The molecule has 5 nitrogen and oxygen atoms in total. The third-order valence-electron chi connectivity index (χ3n) is 2.54. The molecule has 0 bridgehead atoms. The van der Waals surface area contributed by atoms with Gasteiger partial charge in [-0.05, 0) is 42.6 Å². The summed E-state index contributed by atoms with van der Waals surface area (Å²) in [6.45, 7) is 3.80. The van der Waals surface area contributed by atoms with Gasteiger partial charge in [-0.25, -0.2) is 0 Å². The average molecular weight is 248 g/mol. The first kappa shape index (κ1) is 11.5. The van der Waals surface area contributed by atoms with Gasteiger partial charge in [-0.1, -0.05) is 10.6 Å². The maximum absolute atomic E-state index is 11.9. The number of anilines is 2. The summed E-state index contributed by atoms with van der Waals surface area (Å²) in [6, 6.07) is 3.71. The largest absolute Gasteiger partial charge is 0.398 e. The van der Waals surface area contributed by atoms with Crippen LogP contribution in [0, 0.1) is 13.8 Å². The second-order valence-electron chi connectivity index (χ2n) is 3.71. The van der Waals surface area contributed by atoms with Crippen molar-refractivity contribution in [3.63, 3.8) is 0 Å². The topological polar surface area (TPSA) is 80.9 Å². The summed E-state index contributed by atoms with van der Waals surface area (Å²) in [5, 5.41) is 6.46. The lowest BCUT2D eigenvalue weighted by Gasteiger charge is -2.12. The second-order valence-corrected chi connectivity index (χ2v) is 4.49. The Balaban J connectivity index is 2.31. The molecule has 0 aliphatic rings. The third kappa shape index (κ3) is 2.26. The lowest BCUT2D eigenvalue weighted by Crippen LogP contribution is -2.13. The summed E-state index contributed by atoms with van der Waals surface area (Å²) in [5.41, 5.74) is 9.07. The van der Waals surface area contributed by atoms with Crippen molar-refractivity contribution in [1.29, 1.82) is 0 Å². The van der Waals surface area contributed by atoms with Gasteiger partial charge < -0.3 is 11.1 Å². The molecule has 17 heavy (non-hydrogen) atoms. The summed E-state index contributed by atoms with van der Waals surface area (Å²) < 4.78 is 3.65. The third-order valence-corrected chi connectivity index (χ3v) is 3.20. The van der Waals surface area contributed by atoms with E-state index in [2.05, 4.69) is 14.9 Å². The van der Waals surface area contributed by atoms with Crippen molar-refractivity contribution in [2.75, 3.05) is 11.1 Å². The fourth-order valence-electron chi connectivity index (χ4n) is 1.50. The number of nitrogens with two attached hydrogens (primary N) is 1. The van der Waals surface area contributed by atoms with E-state index in [9.17, 15) is 4.79 Å². The molecular formula is C11H12N4OS. The van der Waals surface area contributed by atoms with Gasteiger partial charge in [0.05, 0.1) is 6.20 Å². The molecule has 0 saturated carbocycles. The molecule has 2 rings (SSSR count). The quantitative estimate of drug-likeness (QED) is 0.796. The number of hydrogen-bond donors (Lipinski definition) is 2. The van der Waals surface area contributed by atoms with Crippen LogP contribution >= 0.6 is 11.5 Å². The number of nitrogens with one attached hydrogen (secondary N) is 1. The second kappa shape index (κ2) is 4.50. The van der Waals surface area contributed by atoms with E-state index in [4.69, 9.17) is 5.73 Å². The molecule has 0 aliphatic carbocycles. The molecule has 6 heteroatoms. The summed E-state index contributed by atoms with van der Waals surface area (Å²) in [5.74, 6) is -0.211. The molecule has 1 amide bonds. The lowest BCUT2D eigenvalue weighted by atomic mass is 10.1. The zero-order valence-corrected chi connectivity index (χ0v) is 10.3. The minimum atomic E-state index is -0.211. The molecular weight excluding hydrogens is 236 g/mol. The number of hydrogen-bond acceptors (Lipinski definition) is 5. The van der Waals surface area contributed by atoms with Crippen LogP contribution in [0.1, 0.15) is 20.8 Å². The van der Waals surface area contributed by atoms with Gasteiger partial charge in [-0.3, -0.25) is 4.79 Å². The number of aromatic nitrogens is 2. The Morgan fingerprint density at radius 2 is 2.18 bits per heavy atom. The van der Waals surface area contributed by atoms with Gasteiger partial charge in [0, 0.05) is 11.4 Å². The number of rotatable bonds is 2. The number of nitrogens with zero attached hydrogens (tertiary/aromatic N) is 2. The first-order chi connectivity index (χ1) is 8.09. The number of nitrogen functional groups attached to an aromatic ring is 1. The predicted octanol–water partition coefficient (Wildman–Crippen LogP) is 1.99. The molecule has 0 fully saturated rings. The Labute approximate surface area is 103 Å². The lowest BCUT2D eigenvalue weighted by molar-refractivity contribution is 0.103. The maximum Gasteiger partial charge on any atom is 0.269 e. The molecule has 0 saturated heterocycles. The summed E-state index contributed by atoms with van der Waals surface area (Å²) in [6.07, 6.45) is 1.44. The Bertz CT molecular complexity index is 551. The van der Waals surface area contributed by atoms with Gasteiger partial charge in [0.1, 0.15) is 4.88 Å². The van der Waals surface area contributed by atoms with Crippen molar-refractivity contribution in [2.24, 2.45) is 0 Å². The van der Waals surface area contributed by atoms with E-state index in [0.29, 0.717) is 10.6 Å². The fourth-order valence-corrected chi connectivity index (χ4v) is 1.91. The van der Waals surface area contributed by atoms with Gasteiger partial charge in [-0.2, -0.15) is 0 Å². The first-order valence-corrected chi connectivity index (χ1v) is 5.81. The fraction of sp³-hybridized carbons (Fsp3) is 0.182. The van der Waals surface area contributed by atoms with Crippen LogP contribution in [0.2, 0.25) is 0 Å². The highest BCUT2D eigenvalue weighted by Crippen LogP contribution is 2.25. The zero-order chi connectivity index (χ0) is 12.4. The molecule has 1 heterocycles. The smallest absolute Gasteiger partial charge is 0.269 e. The minimum Gasteiger partial charge on any atom is -0.398 e. The van der Waals surface area contributed by atoms with Crippen LogP contribution < -0.4 is 11.1 Å². The summed E-state index contributed by atoms with van der Waals surface area (Å²) in [7, 11) is 0. The van der Waals surface area contributed by atoms with Crippen molar-refractivity contribution in [3.8, 4) is 0 Å². The molecule has 0 atom stereocenters. The van der Waals surface area contributed by atoms with Gasteiger partial charge in [0.25, 0.3) is 5.91 Å². The van der Waals surface area contributed by atoms with Crippen LogP contribution in [0.3, 0.4) is 0 Å². The normalized spacial score (nSPS) is 10.2. The summed E-state index contributed by atoms with van der Waals surface area (Å²) >= 11 is 1.06. The average Bonchev–Trinajstić information content (AvgIpc) is 2.83. The van der Waals surface area contributed by atoms with E-state index in [1.54, 1.807) is 0 Å². The molecule has 3 N–H and O–H groups in total. The van der Waals surface area contributed by atoms with Crippen LogP contribution in [0.4, 0.5) is 11.4 Å². The standard InChI is InChI=1S/C11H12N4OS/c1-6-3-4-8(12)7(2)10(6)14-11(16)9-5-13-15-17-9/h3-5H,12H2,1-2H3,(H,14,16). The Morgan fingerprint density at radius 3 is 2.82 bits per heavy atom. The van der Waals surface area contributed by atoms with Crippen LogP contribution in [-0.2, 0) is 0 Å². The van der Waals surface area contributed by atoms with Gasteiger partial charge in [0.15, 0.2) is 0 Å². The van der Waals surface area contributed by atoms with Crippen LogP contribution in [0.25, 0.3) is 0 Å². The number of aryl methyl sites for hydroxylation is 1. The summed E-state index contributed by atoms with van der Waals surface area (Å²) in [4.78, 5) is 12.3. The molecule has 0 radical (unpaired) electrons. The van der Waals surface area contributed by atoms with E-state index >= 15 is 0 Å². The molecule has 1 aromatic heterocycles. The van der Waals surface area contributed by atoms with Gasteiger partial charge in [0.2, 0.25) is 0 Å². The van der Waals surface area contributed by atoms with Gasteiger partial charge >= 0.3 is 0 Å². The Morgan fingerprint density at radius 1 is 1.41 bits per heavy atom. The SMILES string of the molecule is Cc1ccc(N)c(C)c1NC(=O)c1cnns1. The van der Waals surface area contributed by atoms with Crippen molar-refractivity contribution in [3.05, 3.63) is 34.3 Å². The molecule has 0 spiro atoms. The molecule has 88 valence electrons. The van der Waals surface area contributed by atoms with E-state index < -0.39 is 0 Å². The van der Waals surface area contributed by atoms with E-state index in [1.807, 2.05) is 26.0 Å². The highest BCUT2D eigenvalue weighted by molar-refractivity contribution is 7.07. The molecule has 0 unspecified atom stereocenters. The van der Waals surface area contributed by atoms with Gasteiger partial charge in [-0.15, -0.1) is 5.10 Å². The monoisotopic (exact) mass is 248 g/mol. The Hall–Kier alpha value is -1.95.